The predicted molar refractivity (Wildman–Crippen MR) is 72.3 cm³/mol. The number of likely N-dealkylation sites (tertiary alicyclic amines) is 2. The van der Waals surface area contributed by atoms with E-state index in [1.54, 1.807) is 0 Å². The zero-order valence-corrected chi connectivity index (χ0v) is 11.7. The lowest BCUT2D eigenvalue weighted by Crippen LogP contribution is -2.65. The largest absolute Gasteiger partial charge is 0.344 e. The van der Waals surface area contributed by atoms with Gasteiger partial charge in [0.25, 0.3) is 0 Å². The summed E-state index contributed by atoms with van der Waals surface area (Å²) in [5.41, 5.74) is 0.0155. The van der Waals surface area contributed by atoms with Crippen LogP contribution in [0.1, 0.15) is 44.9 Å². The van der Waals surface area contributed by atoms with Crippen molar-refractivity contribution >= 4 is 5.91 Å². The minimum Gasteiger partial charge on any atom is -0.344 e. The van der Waals surface area contributed by atoms with Gasteiger partial charge in [-0.25, -0.2) is 0 Å². The first-order valence-electron chi connectivity index (χ1n) is 7.68. The Labute approximate surface area is 111 Å². The molecule has 3 rings (SSSR count). The molecule has 3 aliphatic rings. The van der Waals surface area contributed by atoms with Gasteiger partial charge in [0.05, 0.1) is 5.41 Å². The second kappa shape index (κ2) is 4.84. The Morgan fingerprint density at radius 2 is 1.94 bits per heavy atom. The first-order valence-corrected chi connectivity index (χ1v) is 7.68. The maximum Gasteiger partial charge on any atom is 0.231 e. The van der Waals surface area contributed by atoms with Crippen LogP contribution in [0.5, 0.6) is 0 Å². The highest BCUT2D eigenvalue weighted by Crippen LogP contribution is 2.40. The molecular formula is C15H26N2O. The maximum atomic E-state index is 12.1. The normalized spacial score (nSPS) is 34.9. The fourth-order valence-corrected chi connectivity index (χ4v) is 4.33. The van der Waals surface area contributed by atoms with E-state index >= 15 is 0 Å². The number of amides is 1. The Kier molecular flexibility index (Phi) is 3.35. The van der Waals surface area contributed by atoms with E-state index in [1.165, 1.54) is 51.6 Å². The molecule has 1 atom stereocenters. The number of hydrogen-bond donors (Lipinski definition) is 0. The van der Waals surface area contributed by atoms with Gasteiger partial charge >= 0.3 is 0 Å². The number of rotatable bonds is 2. The zero-order valence-electron chi connectivity index (χ0n) is 11.7. The predicted octanol–water partition coefficient (Wildman–Crippen LogP) is 2.12. The maximum absolute atomic E-state index is 12.1. The molecule has 2 aliphatic heterocycles. The van der Waals surface area contributed by atoms with Crippen LogP contribution in [-0.4, -0.2) is 48.9 Å². The monoisotopic (exact) mass is 250 g/mol. The van der Waals surface area contributed by atoms with Crippen LogP contribution in [0.3, 0.4) is 0 Å². The molecule has 1 spiro atoms. The molecule has 3 nitrogen and oxygen atoms in total. The number of β-lactam (4-membered cyclic amide) rings is 1. The van der Waals surface area contributed by atoms with E-state index in [0.29, 0.717) is 5.91 Å². The molecule has 1 saturated carbocycles. The summed E-state index contributed by atoms with van der Waals surface area (Å²) in [7, 11) is 1.94. The molecule has 0 aromatic carbocycles. The molecule has 2 saturated heterocycles. The smallest absolute Gasteiger partial charge is 0.231 e. The van der Waals surface area contributed by atoms with E-state index in [2.05, 4.69) is 4.90 Å². The number of piperidine rings is 1. The van der Waals surface area contributed by atoms with E-state index in [1.807, 2.05) is 11.9 Å². The zero-order chi connectivity index (χ0) is 12.6. The molecule has 0 aromatic rings. The van der Waals surface area contributed by atoms with Gasteiger partial charge in [-0.3, -0.25) is 4.79 Å². The van der Waals surface area contributed by atoms with Crippen LogP contribution in [0.15, 0.2) is 0 Å². The van der Waals surface area contributed by atoms with Crippen LogP contribution in [0.2, 0.25) is 0 Å². The molecule has 0 aromatic heterocycles. The Morgan fingerprint density at radius 1 is 1.17 bits per heavy atom. The van der Waals surface area contributed by atoms with Crippen molar-refractivity contribution in [2.45, 2.75) is 44.9 Å². The minimum atomic E-state index is 0.0155. The van der Waals surface area contributed by atoms with Gasteiger partial charge in [-0.2, -0.15) is 0 Å². The average molecular weight is 250 g/mol. The topological polar surface area (TPSA) is 23.6 Å². The molecular weight excluding hydrogens is 224 g/mol. The van der Waals surface area contributed by atoms with Crippen LogP contribution in [-0.2, 0) is 4.79 Å². The number of nitrogens with zero attached hydrogens (tertiary/aromatic N) is 2. The molecule has 1 amide bonds. The number of carbonyl (C=O) groups is 1. The second-order valence-electron chi connectivity index (χ2n) is 6.78. The lowest BCUT2D eigenvalue weighted by atomic mass is 9.72. The summed E-state index contributed by atoms with van der Waals surface area (Å²) in [6, 6.07) is 0. The summed E-state index contributed by atoms with van der Waals surface area (Å²) in [6.07, 6.45) is 9.44. The Morgan fingerprint density at radius 3 is 2.61 bits per heavy atom. The summed E-state index contributed by atoms with van der Waals surface area (Å²) < 4.78 is 0. The molecule has 0 N–H and O–H groups in total. The van der Waals surface area contributed by atoms with Crippen molar-refractivity contribution in [2.75, 3.05) is 33.2 Å². The van der Waals surface area contributed by atoms with Crippen molar-refractivity contribution in [3.05, 3.63) is 0 Å². The van der Waals surface area contributed by atoms with Crippen LogP contribution < -0.4 is 0 Å². The van der Waals surface area contributed by atoms with Gasteiger partial charge < -0.3 is 9.80 Å². The van der Waals surface area contributed by atoms with Crippen LogP contribution in [0.4, 0.5) is 0 Å². The first-order chi connectivity index (χ1) is 8.70. The average Bonchev–Trinajstić information content (AvgIpc) is 2.40. The van der Waals surface area contributed by atoms with Gasteiger partial charge in [0.1, 0.15) is 0 Å². The SMILES string of the molecule is CN1CC2(CCCN(CC3CCCCC3)C2)C1=O. The van der Waals surface area contributed by atoms with Gasteiger partial charge in [0.15, 0.2) is 0 Å². The van der Waals surface area contributed by atoms with E-state index in [9.17, 15) is 4.79 Å². The van der Waals surface area contributed by atoms with Gasteiger partial charge in [0.2, 0.25) is 5.91 Å². The standard InChI is InChI=1S/C15H26N2O/c1-16-11-15(14(16)18)8-5-9-17(12-15)10-13-6-3-2-4-7-13/h13H,2-12H2,1H3. The van der Waals surface area contributed by atoms with Gasteiger partial charge in [-0.1, -0.05) is 19.3 Å². The highest BCUT2D eigenvalue weighted by molar-refractivity contribution is 5.88. The molecule has 18 heavy (non-hydrogen) atoms. The third-order valence-electron chi connectivity index (χ3n) is 5.24. The summed E-state index contributed by atoms with van der Waals surface area (Å²) >= 11 is 0. The van der Waals surface area contributed by atoms with Crippen molar-refractivity contribution in [1.29, 1.82) is 0 Å². The van der Waals surface area contributed by atoms with Crippen molar-refractivity contribution < 1.29 is 4.79 Å². The second-order valence-corrected chi connectivity index (χ2v) is 6.78. The quantitative estimate of drug-likeness (QED) is 0.701. The molecule has 3 heteroatoms. The highest BCUT2D eigenvalue weighted by atomic mass is 16.2. The Bertz CT molecular complexity index is 320. The molecule has 3 fully saturated rings. The lowest BCUT2D eigenvalue weighted by molar-refractivity contribution is -0.163. The molecule has 2 heterocycles. The van der Waals surface area contributed by atoms with Crippen LogP contribution >= 0.6 is 0 Å². The molecule has 0 radical (unpaired) electrons. The van der Waals surface area contributed by atoms with Crippen LogP contribution in [0.25, 0.3) is 0 Å². The van der Waals surface area contributed by atoms with E-state index in [0.717, 1.165) is 25.4 Å². The van der Waals surface area contributed by atoms with E-state index in [-0.39, 0.29) is 5.41 Å². The fourth-order valence-electron chi connectivity index (χ4n) is 4.33. The van der Waals surface area contributed by atoms with Crippen molar-refractivity contribution in [3.63, 3.8) is 0 Å². The minimum absolute atomic E-state index is 0.0155. The van der Waals surface area contributed by atoms with E-state index < -0.39 is 0 Å². The third kappa shape index (κ3) is 2.18. The molecule has 1 unspecified atom stereocenters. The van der Waals surface area contributed by atoms with Crippen molar-refractivity contribution in [3.8, 4) is 0 Å². The highest BCUT2D eigenvalue weighted by Gasteiger charge is 2.52. The van der Waals surface area contributed by atoms with Gasteiger partial charge in [-0.15, -0.1) is 0 Å². The van der Waals surface area contributed by atoms with Gasteiger partial charge in [0, 0.05) is 26.7 Å². The van der Waals surface area contributed by atoms with Gasteiger partial charge in [-0.05, 0) is 38.1 Å². The van der Waals surface area contributed by atoms with Crippen LogP contribution in [0, 0.1) is 11.3 Å². The summed E-state index contributed by atoms with van der Waals surface area (Å²) in [5, 5.41) is 0. The van der Waals surface area contributed by atoms with E-state index in [4.69, 9.17) is 0 Å². The summed E-state index contributed by atoms with van der Waals surface area (Å²) in [5.74, 6) is 1.30. The lowest BCUT2D eigenvalue weighted by Gasteiger charge is -2.52. The molecule has 102 valence electrons. The first kappa shape index (κ1) is 12.5. The number of hydrogen-bond acceptors (Lipinski definition) is 2. The molecule has 1 aliphatic carbocycles. The third-order valence-corrected chi connectivity index (χ3v) is 5.24. The fraction of sp³-hybridized carbons (Fsp3) is 0.933. The van der Waals surface area contributed by atoms with Crippen molar-refractivity contribution in [1.82, 2.24) is 9.80 Å². The molecule has 0 bridgehead atoms. The summed E-state index contributed by atoms with van der Waals surface area (Å²) in [6.45, 7) is 4.49. The summed E-state index contributed by atoms with van der Waals surface area (Å²) in [4.78, 5) is 16.6. The Hall–Kier alpha value is -0.570. The van der Waals surface area contributed by atoms with Crippen molar-refractivity contribution in [2.24, 2.45) is 11.3 Å². The number of carbonyl (C=O) groups excluding carboxylic acids is 1. The Balaban J connectivity index is 1.56.